The lowest BCUT2D eigenvalue weighted by molar-refractivity contribution is 0.414. The second-order valence-corrected chi connectivity index (χ2v) is 6.86. The monoisotopic (exact) mass is 349 g/mol. The Morgan fingerprint density at radius 2 is 1.96 bits per heavy atom. The Labute approximate surface area is 151 Å². The lowest BCUT2D eigenvalue weighted by atomic mass is 9.98. The number of ether oxygens (including phenoxy) is 1. The molecule has 2 aromatic carbocycles. The Hall–Kier alpha value is -2.66. The van der Waals surface area contributed by atoms with Crippen LogP contribution in [0, 0.1) is 6.92 Å². The molecule has 0 fully saturated rings. The highest BCUT2D eigenvalue weighted by Gasteiger charge is 2.31. The number of methoxy groups -OCH3 is 1. The van der Waals surface area contributed by atoms with Gasteiger partial charge in [-0.1, -0.05) is 42.5 Å². The minimum Gasteiger partial charge on any atom is -0.497 e. The minimum atomic E-state index is 0.160. The van der Waals surface area contributed by atoms with Gasteiger partial charge in [0.15, 0.2) is 0 Å². The van der Waals surface area contributed by atoms with E-state index in [1.807, 2.05) is 31.2 Å². The maximum absolute atomic E-state index is 5.36. The first kappa shape index (κ1) is 15.8. The van der Waals surface area contributed by atoms with Crippen molar-refractivity contribution < 1.29 is 4.74 Å². The van der Waals surface area contributed by atoms with Gasteiger partial charge in [-0.05, 0) is 24.6 Å². The number of thiazole rings is 1. The van der Waals surface area contributed by atoms with Crippen LogP contribution in [0.5, 0.6) is 5.75 Å². The summed E-state index contributed by atoms with van der Waals surface area (Å²) >= 11 is 1.63. The zero-order valence-corrected chi connectivity index (χ0v) is 15.0. The first-order valence-corrected chi connectivity index (χ1v) is 9.11. The lowest BCUT2D eigenvalue weighted by Gasteiger charge is -2.21. The van der Waals surface area contributed by atoms with Crippen molar-refractivity contribution in [2.24, 2.45) is 5.10 Å². The summed E-state index contributed by atoms with van der Waals surface area (Å²) in [7, 11) is 1.69. The Bertz CT molecular complexity index is 904. The van der Waals surface area contributed by atoms with Crippen LogP contribution in [0.2, 0.25) is 0 Å². The SMILES string of the molecule is COc1cccc(C2=NN(c3nc(C)cs3)[C@H](c3ccccc3)C2)c1. The number of rotatable bonds is 4. The molecule has 0 spiro atoms. The summed E-state index contributed by atoms with van der Waals surface area (Å²) in [5.74, 6) is 0.847. The number of hydrogen-bond acceptors (Lipinski definition) is 5. The van der Waals surface area contributed by atoms with Gasteiger partial charge in [0, 0.05) is 17.4 Å². The molecule has 1 aliphatic rings. The van der Waals surface area contributed by atoms with Gasteiger partial charge in [-0.3, -0.25) is 0 Å². The largest absolute Gasteiger partial charge is 0.497 e. The van der Waals surface area contributed by atoms with E-state index in [9.17, 15) is 0 Å². The number of hydrogen-bond donors (Lipinski definition) is 0. The minimum absolute atomic E-state index is 0.160. The predicted octanol–water partition coefficient (Wildman–Crippen LogP) is 4.82. The Morgan fingerprint density at radius 3 is 2.68 bits per heavy atom. The number of aromatic nitrogens is 1. The normalized spacial score (nSPS) is 16.8. The quantitative estimate of drug-likeness (QED) is 0.678. The average Bonchev–Trinajstić information content (AvgIpc) is 3.29. The maximum Gasteiger partial charge on any atom is 0.206 e. The van der Waals surface area contributed by atoms with Crippen molar-refractivity contribution in [2.75, 3.05) is 12.1 Å². The molecule has 0 saturated carbocycles. The zero-order chi connectivity index (χ0) is 17.2. The van der Waals surface area contributed by atoms with E-state index in [4.69, 9.17) is 9.84 Å². The van der Waals surface area contributed by atoms with Crippen molar-refractivity contribution in [2.45, 2.75) is 19.4 Å². The molecule has 5 heteroatoms. The second kappa shape index (κ2) is 6.69. The van der Waals surface area contributed by atoms with Gasteiger partial charge in [0.05, 0.1) is 24.6 Å². The van der Waals surface area contributed by atoms with E-state index in [0.717, 1.165) is 34.3 Å². The van der Waals surface area contributed by atoms with Crippen LogP contribution in [0.3, 0.4) is 0 Å². The number of aryl methyl sites for hydroxylation is 1. The van der Waals surface area contributed by atoms with Crippen LogP contribution in [0.4, 0.5) is 5.13 Å². The van der Waals surface area contributed by atoms with E-state index in [-0.39, 0.29) is 6.04 Å². The molecule has 0 amide bonds. The fraction of sp³-hybridized carbons (Fsp3) is 0.200. The lowest BCUT2D eigenvalue weighted by Crippen LogP contribution is -2.18. The third-order valence-electron chi connectivity index (χ3n) is 4.30. The highest BCUT2D eigenvalue weighted by molar-refractivity contribution is 7.13. The third kappa shape index (κ3) is 3.15. The van der Waals surface area contributed by atoms with Gasteiger partial charge >= 0.3 is 0 Å². The third-order valence-corrected chi connectivity index (χ3v) is 5.25. The molecule has 0 saturated heterocycles. The first-order valence-electron chi connectivity index (χ1n) is 8.23. The van der Waals surface area contributed by atoms with E-state index < -0.39 is 0 Å². The highest BCUT2D eigenvalue weighted by Crippen LogP contribution is 2.38. The zero-order valence-electron chi connectivity index (χ0n) is 14.2. The van der Waals surface area contributed by atoms with Crippen LogP contribution in [-0.4, -0.2) is 17.8 Å². The van der Waals surface area contributed by atoms with Crippen molar-refractivity contribution in [3.05, 3.63) is 76.8 Å². The smallest absolute Gasteiger partial charge is 0.206 e. The fourth-order valence-electron chi connectivity index (χ4n) is 3.05. The number of anilines is 1. The molecule has 126 valence electrons. The maximum atomic E-state index is 5.36. The predicted molar refractivity (Wildman–Crippen MR) is 103 cm³/mol. The van der Waals surface area contributed by atoms with Crippen LogP contribution in [-0.2, 0) is 0 Å². The topological polar surface area (TPSA) is 37.7 Å². The van der Waals surface area contributed by atoms with E-state index >= 15 is 0 Å². The molecular weight excluding hydrogens is 330 g/mol. The molecule has 0 radical (unpaired) electrons. The summed E-state index contributed by atoms with van der Waals surface area (Å²) in [6.07, 6.45) is 0.843. The van der Waals surface area contributed by atoms with Crippen molar-refractivity contribution in [1.82, 2.24) is 4.98 Å². The summed E-state index contributed by atoms with van der Waals surface area (Å²) in [6, 6.07) is 18.7. The molecular formula is C20H19N3OS. The number of benzene rings is 2. The van der Waals surface area contributed by atoms with Gasteiger partial charge in [-0.25, -0.2) is 9.99 Å². The van der Waals surface area contributed by atoms with Gasteiger partial charge in [-0.2, -0.15) is 5.10 Å². The van der Waals surface area contributed by atoms with Gasteiger partial charge in [0.2, 0.25) is 5.13 Å². The molecule has 4 nitrogen and oxygen atoms in total. The average molecular weight is 349 g/mol. The first-order chi connectivity index (χ1) is 12.2. The molecule has 0 bridgehead atoms. The van der Waals surface area contributed by atoms with Crippen LogP contribution in [0.1, 0.15) is 29.3 Å². The van der Waals surface area contributed by atoms with Gasteiger partial charge in [0.1, 0.15) is 5.75 Å². The van der Waals surface area contributed by atoms with Crippen molar-refractivity contribution >= 4 is 22.2 Å². The summed E-state index contributed by atoms with van der Waals surface area (Å²) in [6.45, 7) is 2.01. The van der Waals surface area contributed by atoms with Crippen LogP contribution in [0.15, 0.2) is 65.1 Å². The van der Waals surface area contributed by atoms with E-state index in [1.54, 1.807) is 18.4 Å². The molecule has 25 heavy (non-hydrogen) atoms. The molecule has 3 aromatic rings. The number of hydrazone groups is 1. The Kier molecular flexibility index (Phi) is 4.24. The van der Waals surface area contributed by atoms with E-state index in [2.05, 4.69) is 45.7 Å². The van der Waals surface area contributed by atoms with Gasteiger partial charge < -0.3 is 4.74 Å². The van der Waals surface area contributed by atoms with Crippen molar-refractivity contribution in [3.8, 4) is 5.75 Å². The molecule has 1 aliphatic heterocycles. The molecule has 0 aliphatic carbocycles. The molecule has 4 rings (SSSR count). The van der Waals surface area contributed by atoms with Crippen molar-refractivity contribution in [3.63, 3.8) is 0 Å². The summed E-state index contributed by atoms with van der Waals surface area (Å²) < 4.78 is 5.36. The standard InChI is InChI=1S/C20H19N3OS/c1-14-13-25-20(21-14)23-19(15-7-4-3-5-8-15)12-18(22-23)16-9-6-10-17(11-16)24-2/h3-11,13,19H,12H2,1-2H3/t19-/m0/s1. The molecule has 0 N–H and O–H groups in total. The summed E-state index contributed by atoms with van der Waals surface area (Å²) in [4.78, 5) is 4.64. The molecule has 0 unspecified atom stereocenters. The Morgan fingerprint density at radius 1 is 1.12 bits per heavy atom. The van der Waals surface area contributed by atoms with Crippen molar-refractivity contribution in [1.29, 1.82) is 0 Å². The molecule has 1 aromatic heterocycles. The summed E-state index contributed by atoms with van der Waals surface area (Å²) in [5.41, 5.74) is 4.42. The Balaban J connectivity index is 1.74. The fourth-order valence-corrected chi connectivity index (χ4v) is 3.85. The second-order valence-electron chi connectivity index (χ2n) is 6.03. The highest BCUT2D eigenvalue weighted by atomic mass is 32.1. The van der Waals surface area contributed by atoms with Gasteiger partial charge in [-0.15, -0.1) is 11.3 Å². The molecule has 2 heterocycles. The molecule has 1 atom stereocenters. The number of nitrogens with zero attached hydrogens (tertiary/aromatic N) is 3. The van der Waals surface area contributed by atoms with Crippen LogP contribution < -0.4 is 9.75 Å². The summed E-state index contributed by atoms with van der Waals surface area (Å²) in [5, 5.41) is 9.98. The van der Waals surface area contributed by atoms with E-state index in [0.29, 0.717) is 0 Å². The van der Waals surface area contributed by atoms with Crippen LogP contribution >= 0.6 is 11.3 Å². The van der Waals surface area contributed by atoms with Crippen LogP contribution in [0.25, 0.3) is 0 Å². The van der Waals surface area contributed by atoms with E-state index in [1.165, 1.54) is 5.56 Å². The van der Waals surface area contributed by atoms with Gasteiger partial charge in [0.25, 0.3) is 0 Å².